The van der Waals surface area contributed by atoms with Gasteiger partial charge in [-0.15, -0.1) is 0 Å². The Hall–Kier alpha value is -2.85. The summed E-state index contributed by atoms with van der Waals surface area (Å²) < 4.78 is 50.9. The smallest absolute Gasteiger partial charge is 0.431 e. The molecular formula is C20H20F3N5O2. The Balaban J connectivity index is 1.51. The summed E-state index contributed by atoms with van der Waals surface area (Å²) in [6.45, 7) is 2.00. The number of nitrogens with zero attached hydrogens (tertiary/aromatic N) is 3. The lowest BCUT2D eigenvalue weighted by Gasteiger charge is -2.48. The van der Waals surface area contributed by atoms with Crippen LogP contribution in [0.1, 0.15) is 17.3 Å². The first kappa shape index (κ1) is 19.1. The van der Waals surface area contributed by atoms with Gasteiger partial charge in [-0.3, -0.25) is 4.90 Å². The zero-order chi connectivity index (χ0) is 20.9. The molecule has 3 aromatic rings. The number of methoxy groups -OCH3 is 1. The van der Waals surface area contributed by atoms with Crippen molar-refractivity contribution in [1.82, 2.24) is 19.9 Å². The van der Waals surface area contributed by atoms with Crippen molar-refractivity contribution in [2.24, 2.45) is 0 Å². The zero-order valence-electron chi connectivity index (χ0n) is 16.1. The van der Waals surface area contributed by atoms with Crippen molar-refractivity contribution in [1.29, 1.82) is 0 Å². The third-order valence-corrected chi connectivity index (χ3v) is 5.75. The van der Waals surface area contributed by atoms with Gasteiger partial charge in [-0.25, -0.2) is 9.97 Å². The highest BCUT2D eigenvalue weighted by molar-refractivity contribution is 5.88. The van der Waals surface area contributed by atoms with Gasteiger partial charge in [0.05, 0.1) is 23.6 Å². The number of aromatic nitrogens is 3. The first-order chi connectivity index (χ1) is 14.4. The highest BCUT2D eigenvalue weighted by atomic mass is 19.4. The molecule has 7 nitrogen and oxygen atoms in total. The van der Waals surface area contributed by atoms with Crippen molar-refractivity contribution in [3.8, 4) is 5.75 Å². The van der Waals surface area contributed by atoms with Crippen LogP contribution in [-0.4, -0.2) is 58.8 Å². The molecular weight excluding hydrogens is 399 g/mol. The number of nitrogens with one attached hydrogen (secondary N) is 2. The largest absolute Gasteiger partial charge is 0.491 e. The number of benzene rings is 1. The van der Waals surface area contributed by atoms with Crippen LogP contribution in [0, 0.1) is 0 Å². The van der Waals surface area contributed by atoms with E-state index in [-0.39, 0.29) is 23.8 Å². The van der Waals surface area contributed by atoms with Gasteiger partial charge in [0.25, 0.3) is 0 Å². The van der Waals surface area contributed by atoms with Gasteiger partial charge in [0.15, 0.2) is 0 Å². The summed E-state index contributed by atoms with van der Waals surface area (Å²) in [6, 6.07) is 8.48. The predicted octanol–water partition coefficient (Wildman–Crippen LogP) is 3.22. The lowest BCUT2D eigenvalue weighted by atomic mass is 9.92. The molecule has 2 unspecified atom stereocenters. The molecule has 2 aliphatic rings. The van der Waals surface area contributed by atoms with Crippen molar-refractivity contribution >= 4 is 16.9 Å². The number of rotatable bonds is 4. The van der Waals surface area contributed by atoms with Gasteiger partial charge in [0.1, 0.15) is 35.8 Å². The number of aromatic amines is 1. The fourth-order valence-electron chi connectivity index (χ4n) is 4.08. The van der Waals surface area contributed by atoms with Crippen molar-refractivity contribution < 1.29 is 22.6 Å². The highest BCUT2D eigenvalue weighted by Gasteiger charge is 2.41. The van der Waals surface area contributed by atoms with E-state index in [1.54, 1.807) is 7.11 Å². The van der Waals surface area contributed by atoms with E-state index < -0.39 is 11.9 Å². The van der Waals surface area contributed by atoms with Crippen molar-refractivity contribution in [2.45, 2.75) is 24.4 Å². The lowest BCUT2D eigenvalue weighted by Crippen LogP contribution is -2.60. The number of para-hydroxylation sites is 1. The molecule has 0 aliphatic carbocycles. The Morgan fingerprint density at radius 3 is 2.80 bits per heavy atom. The van der Waals surface area contributed by atoms with Crippen molar-refractivity contribution in [3.63, 3.8) is 0 Å². The summed E-state index contributed by atoms with van der Waals surface area (Å²) in [4.78, 5) is 12.8. The third-order valence-electron chi connectivity index (χ3n) is 5.75. The number of likely N-dealkylation sites (tertiary alicyclic amines) is 1. The molecule has 10 heteroatoms. The Morgan fingerprint density at radius 1 is 1.23 bits per heavy atom. The molecule has 2 atom stereocenters. The van der Waals surface area contributed by atoms with Gasteiger partial charge >= 0.3 is 6.18 Å². The molecule has 30 heavy (non-hydrogen) atoms. The standard InChI is InChI=1S/C20H20F3N5O2/c1-29-11-7-28(8-11)14-9-30-15-5-3-2-4-12(15)17(14)27-19-13-6-16(20(21,22)23)26-18(13)24-10-25-19/h2-6,10-11,14,17H,7-9H2,1H3,(H2,24,25,26,27). The molecule has 0 bridgehead atoms. The Morgan fingerprint density at radius 2 is 2.03 bits per heavy atom. The maximum atomic E-state index is 13.2. The number of hydrogen-bond acceptors (Lipinski definition) is 6. The van der Waals surface area contributed by atoms with Gasteiger partial charge in [-0.2, -0.15) is 13.2 Å². The predicted molar refractivity (Wildman–Crippen MR) is 103 cm³/mol. The molecule has 4 heterocycles. The topological polar surface area (TPSA) is 75.3 Å². The maximum Gasteiger partial charge on any atom is 0.431 e. The number of ether oxygens (including phenoxy) is 2. The Labute approximate surface area is 170 Å². The summed E-state index contributed by atoms with van der Waals surface area (Å²) in [7, 11) is 1.69. The molecule has 2 aromatic heterocycles. The normalized spacial score (nSPS) is 22.4. The minimum absolute atomic E-state index is 0.0163. The van der Waals surface area contributed by atoms with Gasteiger partial charge in [-0.05, 0) is 12.1 Å². The Kier molecular flexibility index (Phi) is 4.55. The number of alkyl halides is 3. The van der Waals surface area contributed by atoms with E-state index >= 15 is 0 Å². The number of hydrogen-bond donors (Lipinski definition) is 2. The first-order valence-electron chi connectivity index (χ1n) is 9.60. The first-order valence-corrected chi connectivity index (χ1v) is 9.60. The lowest BCUT2D eigenvalue weighted by molar-refractivity contribution is -0.140. The van der Waals surface area contributed by atoms with Crippen LogP contribution < -0.4 is 10.1 Å². The number of H-pyrrole nitrogens is 1. The molecule has 158 valence electrons. The van der Waals surface area contributed by atoms with E-state index in [1.165, 1.54) is 6.33 Å². The van der Waals surface area contributed by atoms with Gasteiger partial charge < -0.3 is 19.8 Å². The molecule has 2 N–H and O–H groups in total. The highest BCUT2D eigenvalue weighted by Crippen LogP contribution is 2.39. The summed E-state index contributed by atoms with van der Waals surface area (Å²) in [6.07, 6.45) is -3.06. The zero-order valence-corrected chi connectivity index (χ0v) is 16.1. The molecule has 1 saturated heterocycles. The quantitative estimate of drug-likeness (QED) is 0.677. The number of fused-ring (bicyclic) bond motifs is 2. The molecule has 1 aromatic carbocycles. The molecule has 0 amide bonds. The summed E-state index contributed by atoms with van der Waals surface area (Å²) in [5.74, 6) is 1.10. The molecule has 0 saturated carbocycles. The third kappa shape index (κ3) is 3.25. The fraction of sp³-hybridized carbons (Fsp3) is 0.400. The SMILES string of the molecule is COC1CN(C2COc3ccccc3C2Nc2ncnc3[nH]c(C(F)(F)F)cc23)C1. The fourth-order valence-corrected chi connectivity index (χ4v) is 4.08. The second-order valence-corrected chi connectivity index (χ2v) is 7.52. The second-order valence-electron chi connectivity index (χ2n) is 7.52. The average molecular weight is 419 g/mol. The molecule has 1 fully saturated rings. The van der Waals surface area contributed by atoms with Gasteiger partial charge in [0.2, 0.25) is 0 Å². The van der Waals surface area contributed by atoms with Crippen molar-refractivity contribution in [3.05, 3.63) is 47.9 Å². The van der Waals surface area contributed by atoms with E-state index in [0.717, 1.165) is 30.5 Å². The van der Waals surface area contributed by atoms with Crippen molar-refractivity contribution in [2.75, 3.05) is 32.1 Å². The van der Waals surface area contributed by atoms with E-state index in [2.05, 4.69) is 25.2 Å². The average Bonchev–Trinajstić information content (AvgIpc) is 3.14. The molecule has 0 radical (unpaired) electrons. The second kappa shape index (κ2) is 7.13. The van der Waals surface area contributed by atoms with Crippen LogP contribution in [-0.2, 0) is 10.9 Å². The van der Waals surface area contributed by atoms with Crippen LogP contribution in [0.3, 0.4) is 0 Å². The van der Waals surface area contributed by atoms with Crippen LogP contribution in [0.5, 0.6) is 5.75 Å². The summed E-state index contributed by atoms with van der Waals surface area (Å²) >= 11 is 0. The van der Waals surface area contributed by atoms with Crippen LogP contribution in [0.4, 0.5) is 19.0 Å². The van der Waals surface area contributed by atoms with Gasteiger partial charge in [-0.1, -0.05) is 18.2 Å². The minimum atomic E-state index is -4.49. The molecule has 2 aliphatic heterocycles. The van der Waals surface area contributed by atoms with E-state index in [0.29, 0.717) is 17.8 Å². The summed E-state index contributed by atoms with van der Waals surface area (Å²) in [5, 5.41) is 3.67. The van der Waals surface area contributed by atoms with E-state index in [9.17, 15) is 13.2 Å². The molecule has 0 spiro atoms. The van der Waals surface area contributed by atoms with Crippen LogP contribution >= 0.6 is 0 Å². The minimum Gasteiger partial charge on any atom is -0.491 e. The Bertz CT molecular complexity index is 1060. The maximum absolute atomic E-state index is 13.2. The van der Waals surface area contributed by atoms with E-state index in [4.69, 9.17) is 9.47 Å². The number of anilines is 1. The van der Waals surface area contributed by atoms with E-state index in [1.807, 2.05) is 24.3 Å². The molecule has 5 rings (SSSR count). The van der Waals surface area contributed by atoms with Crippen LogP contribution in [0.25, 0.3) is 11.0 Å². The van der Waals surface area contributed by atoms with Crippen LogP contribution in [0.15, 0.2) is 36.7 Å². The van der Waals surface area contributed by atoms with Gasteiger partial charge in [0, 0.05) is 25.8 Å². The number of halogens is 3. The summed E-state index contributed by atoms with van der Waals surface area (Å²) in [5.41, 5.74) is 0.226. The van der Waals surface area contributed by atoms with Crippen LogP contribution in [0.2, 0.25) is 0 Å². The monoisotopic (exact) mass is 419 g/mol.